The second kappa shape index (κ2) is 17.7. The van der Waals surface area contributed by atoms with Crippen molar-refractivity contribution in [2.45, 2.75) is 26.2 Å². The van der Waals surface area contributed by atoms with Crippen molar-refractivity contribution in [2.75, 3.05) is 0 Å². The van der Waals surface area contributed by atoms with Gasteiger partial charge in [0.05, 0.1) is 42.1 Å². The van der Waals surface area contributed by atoms with Crippen LogP contribution in [0.15, 0.2) is 188 Å². The van der Waals surface area contributed by atoms with E-state index in [0.717, 1.165) is 21.9 Å². The monoisotopic (exact) mass is 1070 g/mol. The molecule has 0 N–H and O–H groups in total. The summed E-state index contributed by atoms with van der Waals surface area (Å²) in [5, 5.41) is 12.6. The summed E-state index contributed by atoms with van der Waals surface area (Å²) >= 11 is 6.56. The molecule has 0 amide bonds. The quantitative estimate of drug-likeness (QED) is 0.113. The van der Waals surface area contributed by atoms with Crippen molar-refractivity contribution in [3.63, 3.8) is 0 Å². The van der Waals surface area contributed by atoms with Gasteiger partial charge in [0, 0.05) is 49.3 Å². The van der Waals surface area contributed by atoms with Crippen molar-refractivity contribution >= 4 is 44.4 Å². The molecule has 0 aliphatic heterocycles. The van der Waals surface area contributed by atoms with Crippen LogP contribution in [0, 0.1) is 29.8 Å². The topological polar surface area (TPSA) is 59.6 Å². The van der Waals surface area contributed by atoms with Crippen molar-refractivity contribution in [3.05, 3.63) is 223 Å². The summed E-state index contributed by atoms with van der Waals surface area (Å²) in [7, 11) is 0. The maximum absolute atomic E-state index is 10.2. The molecule has 3 heterocycles. The Kier molecular flexibility index (Phi) is 8.71. The van der Waals surface area contributed by atoms with Gasteiger partial charge in [-0.3, -0.25) is 4.57 Å². The van der Waals surface area contributed by atoms with Gasteiger partial charge in [0.25, 0.3) is 6.33 Å². The van der Waals surface area contributed by atoms with E-state index in [1.807, 2.05) is 65.2 Å². The van der Waals surface area contributed by atoms with E-state index in [1.165, 1.54) is 0 Å². The average Bonchev–Trinajstić information content (AvgIpc) is 3.97. The molecule has 8 heteroatoms. The Morgan fingerprint density at radius 2 is 1.37 bits per heavy atom. The van der Waals surface area contributed by atoms with E-state index in [1.54, 1.807) is 69.9 Å². The summed E-state index contributed by atoms with van der Waals surface area (Å²) in [5.41, 5.74) is 5.34. The van der Waals surface area contributed by atoms with Crippen LogP contribution in [0.3, 0.4) is 0 Å². The number of aromatic nitrogens is 4. The number of benzene rings is 8. The second-order valence-electron chi connectivity index (χ2n) is 16.6. The molecule has 3 aromatic heterocycles. The summed E-state index contributed by atoms with van der Waals surface area (Å²) in [5.74, 6) is 1.37. The molecule has 0 bridgehead atoms. The minimum Gasteiger partial charge on any atom is -0.510 e. The molecule has 0 aliphatic rings. The molecule has 326 valence electrons. The minimum atomic E-state index is -0.607. The van der Waals surface area contributed by atoms with Crippen molar-refractivity contribution in [1.29, 1.82) is 5.26 Å². The van der Waals surface area contributed by atoms with Crippen LogP contribution in [-0.2, 0) is 26.5 Å². The van der Waals surface area contributed by atoms with E-state index in [4.69, 9.17) is 35.0 Å². The van der Waals surface area contributed by atoms with Gasteiger partial charge < -0.3 is 13.9 Å². The Labute approximate surface area is 422 Å². The Morgan fingerprint density at radius 1 is 0.687 bits per heavy atom. The van der Waals surface area contributed by atoms with Crippen molar-refractivity contribution in [2.24, 2.45) is 0 Å². The molecule has 11 aromatic rings. The summed E-state index contributed by atoms with van der Waals surface area (Å²) in [6, 6.07) is 39.5. The van der Waals surface area contributed by atoms with Gasteiger partial charge in [-0.15, -0.1) is 29.7 Å². The number of fused-ring (bicyclic) bond motifs is 4. The number of imidazole rings is 1. The van der Waals surface area contributed by atoms with Crippen LogP contribution >= 0.6 is 11.6 Å². The average molecular weight is 1080 g/mol. The van der Waals surface area contributed by atoms with Gasteiger partial charge in [-0.25, -0.2) is 4.98 Å². The van der Waals surface area contributed by atoms with E-state index >= 15 is 0 Å². The van der Waals surface area contributed by atoms with Crippen LogP contribution in [0.4, 0.5) is 0 Å². The molecule has 0 atom stereocenters. The largest absolute Gasteiger partial charge is 0.510 e. The smallest absolute Gasteiger partial charge is 0.268 e. The van der Waals surface area contributed by atoms with Crippen molar-refractivity contribution in [1.82, 2.24) is 14.1 Å². The third-order valence-corrected chi connectivity index (χ3v) is 11.7. The molecule has 0 saturated carbocycles. The third-order valence-electron chi connectivity index (χ3n) is 11.5. The maximum Gasteiger partial charge on any atom is 0.268 e. The molecular weight excluding hydrogens is 1030 g/mol. The summed E-state index contributed by atoms with van der Waals surface area (Å²) in [4.78, 5) is 4.80. The second-order valence-corrected chi connectivity index (χ2v) is 17.0. The first-order chi connectivity index (χ1) is 36.4. The van der Waals surface area contributed by atoms with Crippen molar-refractivity contribution in [3.8, 4) is 68.1 Å². The van der Waals surface area contributed by atoms with Gasteiger partial charge >= 0.3 is 0 Å². The zero-order valence-electron chi connectivity index (χ0n) is 46.0. The zero-order valence-corrected chi connectivity index (χ0v) is 39.0. The Bertz CT molecular complexity index is 4170. The SMILES string of the molecule is [2H]c1c([2H])c([2H])c(-c2cccc(-c3c([2H])c([2H])c([2H])c([2H])c3[2H])c2-[n+]2[c-]n(-c3[c-]c(Oc4[c-]c5c(cc4)c4cc(Cl)ccc4n5-c4cc(C(C)(C)C)ccn4)ccc3)c3ccc(-c4ccccc4C#N)cc32)c([2H])c1[2H].[Pt]. The van der Waals surface area contributed by atoms with Crippen LogP contribution < -0.4 is 9.30 Å². The fourth-order valence-electron chi connectivity index (χ4n) is 8.36. The fourth-order valence-corrected chi connectivity index (χ4v) is 8.53. The molecule has 0 saturated heterocycles. The molecule has 0 unspecified atom stereocenters. The van der Waals surface area contributed by atoms with E-state index in [0.29, 0.717) is 61.3 Å². The number of pyridine rings is 1. The van der Waals surface area contributed by atoms with Crippen LogP contribution in [0.5, 0.6) is 11.5 Å². The maximum atomic E-state index is 10.2. The molecule has 0 spiro atoms. The van der Waals surface area contributed by atoms with Gasteiger partial charge in [-0.1, -0.05) is 147 Å². The van der Waals surface area contributed by atoms with Crippen LogP contribution in [0.25, 0.3) is 83.4 Å². The van der Waals surface area contributed by atoms with Crippen molar-refractivity contribution < 1.29 is 44.1 Å². The van der Waals surface area contributed by atoms with E-state index in [9.17, 15) is 5.26 Å². The number of nitriles is 1. The number of ether oxygens (including phenoxy) is 1. The summed E-state index contributed by atoms with van der Waals surface area (Å²) in [6.07, 6.45) is 5.23. The minimum absolute atomic E-state index is 0. The molecule has 0 fully saturated rings. The Hall–Kier alpha value is -7.55. The number of hydrogen-bond acceptors (Lipinski definition) is 3. The molecule has 6 nitrogen and oxygen atoms in total. The number of para-hydroxylation sites is 1. The van der Waals surface area contributed by atoms with E-state index < -0.39 is 60.4 Å². The molecule has 0 aliphatic carbocycles. The third kappa shape index (κ3) is 8.01. The summed E-state index contributed by atoms with van der Waals surface area (Å²) in [6.45, 7) is 6.44. The number of rotatable bonds is 8. The molecule has 0 radical (unpaired) electrons. The molecular formula is C59H40ClN5OPt-2. The van der Waals surface area contributed by atoms with Crippen LogP contribution in [-0.4, -0.2) is 14.1 Å². The normalized spacial score (nSPS) is 13.5. The number of halogens is 1. The first-order valence-electron chi connectivity index (χ1n) is 26.0. The van der Waals surface area contributed by atoms with Gasteiger partial charge in [-0.2, -0.15) is 23.5 Å². The molecule has 11 rings (SSSR count). The first kappa shape index (κ1) is 33.0. The van der Waals surface area contributed by atoms with Gasteiger partial charge in [0.1, 0.15) is 5.82 Å². The first-order valence-corrected chi connectivity index (χ1v) is 21.3. The standard InChI is InChI=1S/C59H40ClN5O.Pt/c1-59(2,3)43-30-31-62-57(33-43)65-53-29-25-44(60)34-52(53)51-27-26-47(36-55(51)65)66-46-20-12-19-45(35-46)63-38-64(56-32-41(24-28-54(56)63)48-21-11-10-18-42(48)37-61)58-49(39-14-6-4-7-15-39)22-13-23-50(58)40-16-8-5-9-17-40;/h4-34H,1-3H3;/q-2;/i4D,5D,6D,7D,8D,9D,14D,15D,16D,17D;. The van der Waals surface area contributed by atoms with E-state index in [2.05, 4.69) is 51.4 Å². The number of nitrogens with zero attached hydrogens (tertiary/aromatic N) is 5. The van der Waals surface area contributed by atoms with Gasteiger partial charge in [0.2, 0.25) is 0 Å². The van der Waals surface area contributed by atoms with Gasteiger partial charge in [0.15, 0.2) is 0 Å². The number of hydrogen-bond donors (Lipinski definition) is 0. The Morgan fingerprint density at radius 3 is 2.10 bits per heavy atom. The zero-order chi connectivity index (χ0) is 53.6. The van der Waals surface area contributed by atoms with Gasteiger partial charge in [-0.05, 0) is 97.9 Å². The molecule has 67 heavy (non-hydrogen) atoms. The Balaban J connectivity index is 0.00000672. The predicted octanol–water partition coefficient (Wildman–Crippen LogP) is 14.4. The molecule has 8 aromatic carbocycles. The van der Waals surface area contributed by atoms with Crippen LogP contribution in [0.1, 0.15) is 45.6 Å². The van der Waals surface area contributed by atoms with Crippen LogP contribution in [0.2, 0.25) is 5.02 Å². The fraction of sp³-hybridized carbons (Fsp3) is 0.0678. The predicted molar refractivity (Wildman–Crippen MR) is 265 cm³/mol. The van der Waals surface area contributed by atoms with E-state index in [-0.39, 0.29) is 54.4 Å². The summed E-state index contributed by atoms with van der Waals surface area (Å²) < 4.78 is 100.